The van der Waals surface area contributed by atoms with E-state index in [1.807, 2.05) is 54.6 Å². The first-order chi connectivity index (χ1) is 22.8. The van der Waals surface area contributed by atoms with Crippen LogP contribution < -0.4 is 21.7 Å². The van der Waals surface area contributed by atoms with Gasteiger partial charge in [0.25, 0.3) is 17.7 Å². The van der Waals surface area contributed by atoms with E-state index in [4.69, 9.17) is 5.73 Å². The van der Waals surface area contributed by atoms with Crippen LogP contribution >= 0.6 is 27.7 Å². The van der Waals surface area contributed by atoms with Gasteiger partial charge in [-0.3, -0.25) is 19.2 Å². The zero-order chi connectivity index (χ0) is 33.2. The van der Waals surface area contributed by atoms with E-state index in [-0.39, 0.29) is 17.2 Å². The van der Waals surface area contributed by atoms with E-state index in [1.165, 1.54) is 11.8 Å². The molecule has 0 spiro atoms. The fraction of sp³-hybridized carbons (Fsp3) is 0.0270. The first-order valence-corrected chi connectivity index (χ1v) is 16.1. The number of thioether (sulfide) groups is 1. The Morgan fingerprint density at radius 2 is 1.38 bits per heavy atom. The van der Waals surface area contributed by atoms with Gasteiger partial charge in [-0.05, 0) is 77.9 Å². The van der Waals surface area contributed by atoms with Crippen LogP contribution in [-0.4, -0.2) is 23.6 Å². The van der Waals surface area contributed by atoms with Crippen molar-refractivity contribution in [1.29, 1.82) is 0 Å². The number of halogens is 1. The Morgan fingerprint density at radius 1 is 0.723 bits per heavy atom. The maximum absolute atomic E-state index is 13.6. The van der Waals surface area contributed by atoms with Crippen molar-refractivity contribution >= 4 is 68.8 Å². The third-order valence-corrected chi connectivity index (χ3v) is 8.60. The second-order valence-electron chi connectivity index (χ2n) is 10.2. The van der Waals surface area contributed by atoms with E-state index in [1.54, 1.807) is 84.9 Å². The minimum atomic E-state index is -0.662. The lowest BCUT2D eigenvalue weighted by molar-refractivity contribution is -0.116. The highest BCUT2D eigenvalue weighted by Gasteiger charge is 2.24. The highest BCUT2D eigenvalue weighted by molar-refractivity contribution is 9.10. The van der Waals surface area contributed by atoms with Crippen LogP contribution in [0.3, 0.4) is 0 Å². The minimum absolute atomic E-state index is 0.0625. The number of nitrogens with one attached hydrogen (secondary N) is 3. The molecule has 0 saturated heterocycles. The zero-order valence-corrected chi connectivity index (χ0v) is 27.3. The van der Waals surface area contributed by atoms with Crippen molar-refractivity contribution in [2.45, 2.75) is 10.1 Å². The summed E-state index contributed by atoms with van der Waals surface area (Å²) in [6.07, 6.45) is 1.60. The Hall–Kier alpha value is -5.45. The maximum atomic E-state index is 13.6. The van der Waals surface area contributed by atoms with E-state index in [0.717, 1.165) is 14.9 Å². The predicted molar refractivity (Wildman–Crippen MR) is 190 cm³/mol. The largest absolute Gasteiger partial charge is 0.366 e. The molecule has 0 aliphatic rings. The summed E-state index contributed by atoms with van der Waals surface area (Å²) in [6, 6.07) is 38.9. The molecule has 0 saturated carbocycles. The van der Waals surface area contributed by atoms with Gasteiger partial charge in [-0.2, -0.15) is 0 Å². The van der Waals surface area contributed by atoms with Crippen LogP contribution in [0.15, 0.2) is 149 Å². The molecular weight excluding hydrogens is 676 g/mol. The molecule has 47 heavy (non-hydrogen) atoms. The van der Waals surface area contributed by atoms with Crippen molar-refractivity contribution in [1.82, 2.24) is 5.32 Å². The molecule has 234 valence electrons. The quantitative estimate of drug-likeness (QED) is 0.0839. The van der Waals surface area contributed by atoms with Crippen LogP contribution in [0.4, 0.5) is 11.4 Å². The average molecular weight is 706 g/mol. The van der Waals surface area contributed by atoms with Gasteiger partial charge in [0.2, 0.25) is 5.91 Å². The van der Waals surface area contributed by atoms with Gasteiger partial charge in [0.05, 0.1) is 11.3 Å². The third-order valence-electron chi connectivity index (χ3n) is 6.85. The molecule has 4 amide bonds. The van der Waals surface area contributed by atoms with Crippen molar-refractivity contribution in [2.75, 3.05) is 10.6 Å². The lowest BCUT2D eigenvalue weighted by Crippen LogP contribution is -2.30. The number of hydrogen-bond acceptors (Lipinski definition) is 5. The molecule has 0 fully saturated rings. The Labute approximate surface area is 284 Å². The number of carbonyl (C=O) groups excluding carboxylic acids is 4. The molecule has 0 aliphatic heterocycles. The monoisotopic (exact) mass is 704 g/mol. The average Bonchev–Trinajstić information content (AvgIpc) is 3.08. The lowest BCUT2D eigenvalue weighted by Gasteiger charge is -2.18. The van der Waals surface area contributed by atoms with Crippen LogP contribution in [0.1, 0.15) is 37.1 Å². The molecule has 8 nitrogen and oxygen atoms in total. The van der Waals surface area contributed by atoms with Crippen LogP contribution in [0.2, 0.25) is 0 Å². The minimum Gasteiger partial charge on any atom is -0.366 e. The van der Waals surface area contributed by atoms with Crippen molar-refractivity contribution < 1.29 is 19.2 Å². The second-order valence-corrected chi connectivity index (χ2v) is 12.3. The van der Waals surface area contributed by atoms with E-state index in [0.29, 0.717) is 22.5 Å². The number of para-hydroxylation sites is 1. The van der Waals surface area contributed by atoms with E-state index < -0.39 is 23.0 Å². The van der Waals surface area contributed by atoms with Crippen LogP contribution in [0.5, 0.6) is 0 Å². The zero-order valence-electron chi connectivity index (χ0n) is 24.9. The van der Waals surface area contributed by atoms with Gasteiger partial charge in [-0.25, -0.2) is 0 Å². The Kier molecular flexibility index (Phi) is 11.0. The lowest BCUT2D eigenvalue weighted by atomic mass is 10.1. The third kappa shape index (κ3) is 9.06. The normalized spacial score (nSPS) is 11.6. The van der Waals surface area contributed by atoms with Gasteiger partial charge < -0.3 is 21.7 Å². The predicted octanol–water partition coefficient (Wildman–Crippen LogP) is 7.43. The van der Waals surface area contributed by atoms with Gasteiger partial charge in [-0.15, -0.1) is 11.8 Å². The molecule has 0 aliphatic carbocycles. The maximum Gasteiger partial charge on any atom is 0.272 e. The van der Waals surface area contributed by atoms with Crippen LogP contribution in [-0.2, 0) is 9.59 Å². The van der Waals surface area contributed by atoms with Crippen LogP contribution in [0, 0.1) is 0 Å². The van der Waals surface area contributed by atoms with Crippen molar-refractivity contribution in [3.63, 3.8) is 0 Å². The number of nitrogens with two attached hydrogens (primary N) is 1. The molecule has 10 heteroatoms. The van der Waals surface area contributed by atoms with Gasteiger partial charge in [0, 0.05) is 20.6 Å². The summed E-state index contributed by atoms with van der Waals surface area (Å²) in [5, 5.41) is 7.78. The van der Waals surface area contributed by atoms with Gasteiger partial charge in [0.15, 0.2) is 0 Å². The summed E-state index contributed by atoms with van der Waals surface area (Å²) < 4.78 is 0.827. The number of primary amides is 1. The summed E-state index contributed by atoms with van der Waals surface area (Å²) in [6.45, 7) is 0. The van der Waals surface area contributed by atoms with Crippen molar-refractivity contribution in [3.8, 4) is 0 Å². The SMILES string of the molecule is NC(=O)c1ccccc1NC(=O)C(Sc1ccc(NC(=O)/C(=C/c2cccc(Br)c2)NC(=O)c2ccccc2)cc1)c1ccccc1. The molecule has 0 radical (unpaired) electrons. The number of amides is 4. The number of benzene rings is 5. The molecule has 1 unspecified atom stereocenters. The van der Waals surface area contributed by atoms with Gasteiger partial charge >= 0.3 is 0 Å². The molecule has 5 aromatic carbocycles. The van der Waals surface area contributed by atoms with Crippen molar-refractivity contribution in [2.24, 2.45) is 5.73 Å². The van der Waals surface area contributed by atoms with E-state index in [2.05, 4.69) is 31.9 Å². The smallest absolute Gasteiger partial charge is 0.272 e. The van der Waals surface area contributed by atoms with Gasteiger partial charge in [-0.1, -0.05) is 88.7 Å². The summed E-state index contributed by atoms with van der Waals surface area (Å²) in [7, 11) is 0. The molecule has 0 heterocycles. The molecule has 5 N–H and O–H groups in total. The summed E-state index contributed by atoms with van der Waals surface area (Å²) in [4.78, 5) is 52.6. The Bertz CT molecular complexity index is 1930. The topological polar surface area (TPSA) is 130 Å². The highest BCUT2D eigenvalue weighted by atomic mass is 79.9. The van der Waals surface area contributed by atoms with Crippen molar-refractivity contribution in [3.05, 3.63) is 166 Å². The Morgan fingerprint density at radius 3 is 2.06 bits per heavy atom. The number of hydrogen-bond donors (Lipinski definition) is 4. The highest BCUT2D eigenvalue weighted by Crippen LogP contribution is 2.37. The fourth-order valence-electron chi connectivity index (χ4n) is 4.56. The van der Waals surface area contributed by atoms with E-state index in [9.17, 15) is 19.2 Å². The summed E-state index contributed by atoms with van der Waals surface area (Å²) in [5.41, 5.74) is 8.50. The van der Waals surface area contributed by atoms with Gasteiger partial charge in [0.1, 0.15) is 10.9 Å². The first-order valence-electron chi connectivity index (χ1n) is 14.4. The molecular formula is C37H29BrN4O4S. The first kappa shape index (κ1) is 32.9. The number of anilines is 2. The molecule has 5 rings (SSSR count). The summed E-state index contributed by atoms with van der Waals surface area (Å²) in [5.74, 6) is -1.90. The van der Waals surface area contributed by atoms with Crippen LogP contribution in [0.25, 0.3) is 6.08 Å². The summed E-state index contributed by atoms with van der Waals surface area (Å²) >= 11 is 4.75. The fourth-order valence-corrected chi connectivity index (χ4v) is 6.00. The molecule has 0 bridgehead atoms. The standard InChI is InChI=1S/C37H29BrN4O4S/c38-27-15-9-10-24(22-27)23-32(42-35(44)26-13-5-2-6-14-26)36(45)40-28-18-20-29(21-19-28)47-33(25-11-3-1-4-12-25)37(46)41-31-17-8-7-16-30(31)34(39)43/h1-23,33H,(H2,39,43)(H,40,45)(H,41,46)(H,42,44)/b32-23-. The molecule has 5 aromatic rings. The molecule has 1 atom stereocenters. The molecule has 0 aromatic heterocycles. The number of rotatable bonds is 11. The van der Waals surface area contributed by atoms with E-state index >= 15 is 0 Å². The number of carbonyl (C=O) groups is 4. The Balaban J connectivity index is 1.34. The second kappa shape index (κ2) is 15.7.